The standard InChI is InChI=1S/C15H13BrF2N2OS/c1-9-2-7-12(13(8-9)21-14(17)18)20-15(22)19-11-5-3-10(16)4-6-11/h2-8,14H,1H3,(H2,19,20,22). The molecule has 3 nitrogen and oxygen atoms in total. The molecular formula is C15H13BrF2N2OS. The lowest BCUT2D eigenvalue weighted by Crippen LogP contribution is -2.20. The molecule has 0 unspecified atom stereocenters. The SMILES string of the molecule is Cc1ccc(NC(=S)Nc2ccc(Br)cc2)c(OC(F)F)c1. The zero-order chi connectivity index (χ0) is 16.1. The summed E-state index contributed by atoms with van der Waals surface area (Å²) in [6, 6.07) is 12.3. The molecular weight excluding hydrogens is 374 g/mol. The predicted molar refractivity (Wildman–Crippen MR) is 91.8 cm³/mol. The molecule has 0 atom stereocenters. The fraction of sp³-hybridized carbons (Fsp3) is 0.133. The van der Waals surface area contributed by atoms with Gasteiger partial charge in [-0.3, -0.25) is 0 Å². The highest BCUT2D eigenvalue weighted by Gasteiger charge is 2.11. The molecule has 0 aliphatic heterocycles. The Morgan fingerprint density at radius 1 is 1.14 bits per heavy atom. The molecule has 2 aromatic rings. The van der Waals surface area contributed by atoms with Crippen LogP contribution in [0.4, 0.5) is 20.2 Å². The summed E-state index contributed by atoms with van der Waals surface area (Å²) in [5, 5.41) is 6.11. The molecule has 0 bridgehead atoms. The largest absolute Gasteiger partial charge is 0.433 e. The summed E-state index contributed by atoms with van der Waals surface area (Å²) in [6.07, 6.45) is 0. The van der Waals surface area contributed by atoms with Crippen LogP contribution in [0.2, 0.25) is 0 Å². The average molecular weight is 387 g/mol. The van der Waals surface area contributed by atoms with E-state index in [4.69, 9.17) is 12.2 Å². The molecule has 7 heteroatoms. The minimum Gasteiger partial charge on any atom is -0.433 e. The van der Waals surface area contributed by atoms with Crippen molar-refractivity contribution >= 4 is 44.6 Å². The van der Waals surface area contributed by atoms with Gasteiger partial charge in [0.1, 0.15) is 5.75 Å². The molecule has 0 amide bonds. The Morgan fingerprint density at radius 2 is 1.82 bits per heavy atom. The monoisotopic (exact) mass is 386 g/mol. The molecule has 22 heavy (non-hydrogen) atoms. The van der Waals surface area contributed by atoms with E-state index in [1.807, 2.05) is 24.3 Å². The Bertz CT molecular complexity index is 665. The van der Waals surface area contributed by atoms with E-state index in [1.54, 1.807) is 19.1 Å². The van der Waals surface area contributed by atoms with Crippen LogP contribution in [0.1, 0.15) is 5.56 Å². The first-order chi connectivity index (χ1) is 10.4. The van der Waals surface area contributed by atoms with E-state index < -0.39 is 6.61 Å². The zero-order valence-electron chi connectivity index (χ0n) is 11.6. The number of thiocarbonyl (C=S) groups is 1. The van der Waals surface area contributed by atoms with Crippen molar-refractivity contribution in [2.75, 3.05) is 10.6 Å². The quantitative estimate of drug-likeness (QED) is 0.710. The first-order valence-electron chi connectivity index (χ1n) is 6.33. The van der Waals surface area contributed by atoms with Crippen LogP contribution in [0.5, 0.6) is 5.75 Å². The Morgan fingerprint density at radius 3 is 2.45 bits per heavy atom. The number of anilines is 2. The fourth-order valence-corrected chi connectivity index (χ4v) is 2.24. The number of aryl methyl sites for hydroxylation is 1. The van der Waals surface area contributed by atoms with Gasteiger partial charge < -0.3 is 15.4 Å². The van der Waals surface area contributed by atoms with Gasteiger partial charge in [0, 0.05) is 10.2 Å². The van der Waals surface area contributed by atoms with Crippen molar-refractivity contribution in [1.29, 1.82) is 0 Å². The fourth-order valence-electron chi connectivity index (χ4n) is 1.74. The van der Waals surface area contributed by atoms with Crippen LogP contribution in [-0.2, 0) is 0 Å². The van der Waals surface area contributed by atoms with Gasteiger partial charge in [-0.1, -0.05) is 22.0 Å². The molecule has 0 fully saturated rings. The van der Waals surface area contributed by atoms with Crippen LogP contribution in [0.25, 0.3) is 0 Å². The highest BCUT2D eigenvalue weighted by atomic mass is 79.9. The predicted octanol–water partition coefficient (Wildman–Crippen LogP) is 5.17. The van der Waals surface area contributed by atoms with Crippen molar-refractivity contribution < 1.29 is 13.5 Å². The summed E-state index contributed by atoms with van der Waals surface area (Å²) >= 11 is 8.52. The minimum absolute atomic E-state index is 0.0509. The van der Waals surface area contributed by atoms with E-state index in [-0.39, 0.29) is 10.9 Å². The van der Waals surface area contributed by atoms with Gasteiger partial charge in [0.15, 0.2) is 5.11 Å². The van der Waals surface area contributed by atoms with Crippen molar-refractivity contribution in [2.24, 2.45) is 0 Å². The number of benzene rings is 2. The maximum absolute atomic E-state index is 12.5. The molecule has 116 valence electrons. The van der Waals surface area contributed by atoms with Crippen molar-refractivity contribution in [3.8, 4) is 5.75 Å². The van der Waals surface area contributed by atoms with Crippen LogP contribution in [0.3, 0.4) is 0 Å². The van der Waals surface area contributed by atoms with E-state index in [0.29, 0.717) is 5.69 Å². The number of ether oxygens (including phenoxy) is 1. The molecule has 0 saturated heterocycles. The Kier molecular flexibility index (Phi) is 5.68. The molecule has 0 saturated carbocycles. The highest BCUT2D eigenvalue weighted by Crippen LogP contribution is 2.27. The number of hydrogen-bond acceptors (Lipinski definition) is 2. The number of hydrogen-bond donors (Lipinski definition) is 2. The summed E-state index contributed by atoms with van der Waals surface area (Å²) in [5.74, 6) is 0.0509. The van der Waals surface area contributed by atoms with Crippen molar-refractivity contribution in [1.82, 2.24) is 0 Å². The van der Waals surface area contributed by atoms with E-state index >= 15 is 0 Å². The lowest BCUT2D eigenvalue weighted by molar-refractivity contribution is -0.0493. The summed E-state index contributed by atoms with van der Waals surface area (Å²) < 4.78 is 30.4. The zero-order valence-corrected chi connectivity index (χ0v) is 14.0. The number of nitrogens with one attached hydrogen (secondary N) is 2. The third kappa shape index (κ3) is 4.92. The van der Waals surface area contributed by atoms with Gasteiger partial charge in [0.2, 0.25) is 0 Å². The molecule has 0 radical (unpaired) electrons. The van der Waals surface area contributed by atoms with E-state index in [9.17, 15) is 8.78 Å². The summed E-state index contributed by atoms with van der Waals surface area (Å²) in [7, 11) is 0. The molecule has 0 spiro atoms. The lowest BCUT2D eigenvalue weighted by atomic mass is 10.2. The Hall–Kier alpha value is -1.73. The second kappa shape index (κ2) is 7.51. The molecule has 2 aromatic carbocycles. The van der Waals surface area contributed by atoms with Crippen molar-refractivity contribution in [3.05, 3.63) is 52.5 Å². The van der Waals surface area contributed by atoms with Gasteiger partial charge in [-0.2, -0.15) is 8.78 Å². The van der Waals surface area contributed by atoms with Gasteiger partial charge in [-0.25, -0.2) is 0 Å². The molecule has 0 heterocycles. The Labute approximate surface area is 140 Å². The van der Waals surface area contributed by atoms with Crippen LogP contribution < -0.4 is 15.4 Å². The first kappa shape index (κ1) is 16.6. The summed E-state index contributed by atoms with van der Waals surface area (Å²) in [4.78, 5) is 0. The Balaban J connectivity index is 2.09. The van der Waals surface area contributed by atoms with Crippen LogP contribution in [0, 0.1) is 6.92 Å². The molecule has 0 aliphatic carbocycles. The van der Waals surface area contributed by atoms with Gasteiger partial charge >= 0.3 is 6.61 Å². The normalized spacial score (nSPS) is 10.4. The number of alkyl halides is 2. The van der Waals surface area contributed by atoms with E-state index in [1.165, 1.54) is 6.07 Å². The third-order valence-corrected chi connectivity index (χ3v) is 3.44. The average Bonchev–Trinajstić information content (AvgIpc) is 2.44. The van der Waals surface area contributed by atoms with Crippen LogP contribution in [-0.4, -0.2) is 11.7 Å². The van der Waals surface area contributed by atoms with Gasteiger partial charge in [0.05, 0.1) is 5.69 Å². The lowest BCUT2D eigenvalue weighted by Gasteiger charge is -2.15. The van der Waals surface area contributed by atoms with Gasteiger partial charge in [0.25, 0.3) is 0 Å². The van der Waals surface area contributed by atoms with Gasteiger partial charge in [-0.05, 0) is 61.1 Å². The number of halogens is 3. The minimum atomic E-state index is -2.89. The maximum atomic E-state index is 12.5. The number of rotatable bonds is 4. The second-order valence-electron chi connectivity index (χ2n) is 4.46. The van der Waals surface area contributed by atoms with E-state index in [2.05, 4.69) is 31.3 Å². The van der Waals surface area contributed by atoms with Crippen LogP contribution >= 0.6 is 28.1 Å². The summed E-state index contributed by atoms with van der Waals surface area (Å²) in [6.45, 7) is -1.10. The van der Waals surface area contributed by atoms with Gasteiger partial charge in [-0.15, -0.1) is 0 Å². The topological polar surface area (TPSA) is 33.3 Å². The van der Waals surface area contributed by atoms with Crippen molar-refractivity contribution in [2.45, 2.75) is 13.5 Å². The van der Waals surface area contributed by atoms with E-state index in [0.717, 1.165) is 15.7 Å². The second-order valence-corrected chi connectivity index (χ2v) is 5.79. The molecule has 0 aliphatic rings. The molecule has 2 rings (SSSR count). The summed E-state index contributed by atoms with van der Waals surface area (Å²) in [5.41, 5.74) is 1.97. The highest BCUT2D eigenvalue weighted by molar-refractivity contribution is 9.10. The van der Waals surface area contributed by atoms with Crippen LogP contribution in [0.15, 0.2) is 46.9 Å². The smallest absolute Gasteiger partial charge is 0.387 e. The van der Waals surface area contributed by atoms with Crippen molar-refractivity contribution in [3.63, 3.8) is 0 Å². The molecule has 0 aromatic heterocycles. The first-order valence-corrected chi connectivity index (χ1v) is 7.53. The molecule has 2 N–H and O–H groups in total. The third-order valence-electron chi connectivity index (χ3n) is 2.70. The maximum Gasteiger partial charge on any atom is 0.387 e.